The minimum absolute atomic E-state index is 0.121. The van der Waals surface area contributed by atoms with E-state index in [4.69, 9.17) is 11.6 Å². The smallest absolute Gasteiger partial charge is 0.274 e. The average molecular weight is 358 g/mol. The molecule has 130 valence electrons. The highest BCUT2D eigenvalue weighted by atomic mass is 35.5. The molecule has 1 aromatic heterocycles. The Labute approximate surface area is 152 Å². The minimum Gasteiger partial charge on any atom is -0.337 e. The molecule has 3 rings (SSSR count). The van der Waals surface area contributed by atoms with Crippen LogP contribution in [0.4, 0.5) is 5.69 Å². The number of amides is 2. The lowest BCUT2D eigenvalue weighted by atomic mass is 10.00. The first-order valence-electron chi connectivity index (χ1n) is 8.36. The Bertz CT molecular complexity index is 794. The van der Waals surface area contributed by atoms with Gasteiger partial charge in [0.1, 0.15) is 11.4 Å². The molecule has 2 aromatic rings. The van der Waals surface area contributed by atoms with Crippen molar-refractivity contribution < 1.29 is 9.59 Å². The van der Waals surface area contributed by atoms with E-state index < -0.39 is 0 Å². The highest BCUT2D eigenvalue weighted by Gasteiger charge is 2.23. The van der Waals surface area contributed by atoms with Gasteiger partial charge >= 0.3 is 0 Å². The van der Waals surface area contributed by atoms with Crippen molar-refractivity contribution in [1.82, 2.24) is 9.88 Å². The molecule has 0 radical (unpaired) electrons. The van der Waals surface area contributed by atoms with Gasteiger partial charge in [-0.1, -0.05) is 30.7 Å². The van der Waals surface area contributed by atoms with Crippen LogP contribution in [0.25, 0.3) is 0 Å². The molecule has 1 N–H and O–H groups in total. The molecule has 0 saturated carbocycles. The first-order chi connectivity index (χ1) is 12.0. The van der Waals surface area contributed by atoms with E-state index in [9.17, 15) is 9.59 Å². The molecule has 2 amide bonds. The highest BCUT2D eigenvalue weighted by molar-refractivity contribution is 6.30. The molecule has 6 heteroatoms. The lowest BCUT2D eigenvalue weighted by Gasteiger charge is -2.30. The predicted molar refractivity (Wildman–Crippen MR) is 97.9 cm³/mol. The lowest BCUT2D eigenvalue weighted by Crippen LogP contribution is -2.39. The van der Waals surface area contributed by atoms with Gasteiger partial charge in [0.25, 0.3) is 11.8 Å². The van der Waals surface area contributed by atoms with Gasteiger partial charge in [-0.05, 0) is 49.1 Å². The van der Waals surface area contributed by atoms with Crippen LogP contribution in [0.1, 0.15) is 40.7 Å². The molecule has 0 aliphatic carbocycles. The SMILES string of the molecule is CC1CCCN(C(=O)c2cccc(C(=O)Nc3cccc(Cl)c3)n2)C1. The number of hydrogen-bond acceptors (Lipinski definition) is 3. The fraction of sp³-hybridized carbons (Fsp3) is 0.316. The molecular formula is C19H20ClN3O2. The van der Waals surface area contributed by atoms with Crippen molar-refractivity contribution >= 4 is 29.1 Å². The summed E-state index contributed by atoms with van der Waals surface area (Å²) in [6.07, 6.45) is 2.14. The summed E-state index contributed by atoms with van der Waals surface area (Å²) in [7, 11) is 0. The molecule has 25 heavy (non-hydrogen) atoms. The quantitative estimate of drug-likeness (QED) is 0.907. The van der Waals surface area contributed by atoms with E-state index in [0.29, 0.717) is 22.3 Å². The van der Waals surface area contributed by atoms with E-state index in [1.807, 2.05) is 4.90 Å². The number of nitrogens with zero attached hydrogens (tertiary/aromatic N) is 2. The van der Waals surface area contributed by atoms with Crippen LogP contribution < -0.4 is 5.32 Å². The third-order valence-electron chi connectivity index (χ3n) is 4.23. The molecule has 1 aromatic carbocycles. The number of benzene rings is 1. The van der Waals surface area contributed by atoms with Crippen molar-refractivity contribution in [2.24, 2.45) is 5.92 Å². The van der Waals surface area contributed by atoms with E-state index in [2.05, 4.69) is 17.2 Å². The number of pyridine rings is 1. The first kappa shape index (κ1) is 17.4. The Morgan fingerprint density at radius 3 is 2.72 bits per heavy atom. The third-order valence-corrected chi connectivity index (χ3v) is 4.46. The molecule has 1 aliphatic heterocycles. The van der Waals surface area contributed by atoms with Gasteiger partial charge in [-0.2, -0.15) is 0 Å². The van der Waals surface area contributed by atoms with Crippen molar-refractivity contribution in [1.29, 1.82) is 0 Å². The van der Waals surface area contributed by atoms with Gasteiger partial charge in [0.05, 0.1) is 0 Å². The standard InChI is InChI=1S/C19H20ClN3O2/c1-13-5-4-10-23(12-13)19(25)17-9-3-8-16(22-17)18(24)21-15-7-2-6-14(20)11-15/h2-3,6-9,11,13H,4-5,10,12H2,1H3,(H,21,24). The first-order valence-corrected chi connectivity index (χ1v) is 8.74. The Balaban J connectivity index is 1.74. The van der Waals surface area contributed by atoms with Gasteiger partial charge in [-0.25, -0.2) is 4.98 Å². The largest absolute Gasteiger partial charge is 0.337 e. The van der Waals surface area contributed by atoms with Crippen LogP contribution in [0.3, 0.4) is 0 Å². The van der Waals surface area contributed by atoms with Crippen molar-refractivity contribution in [3.8, 4) is 0 Å². The number of aromatic nitrogens is 1. The van der Waals surface area contributed by atoms with Gasteiger partial charge < -0.3 is 10.2 Å². The Morgan fingerprint density at radius 2 is 1.96 bits per heavy atom. The summed E-state index contributed by atoms with van der Waals surface area (Å²) in [5, 5.41) is 3.28. The van der Waals surface area contributed by atoms with E-state index in [1.165, 1.54) is 0 Å². The second-order valence-electron chi connectivity index (χ2n) is 6.37. The molecule has 1 saturated heterocycles. The second-order valence-corrected chi connectivity index (χ2v) is 6.81. The molecular weight excluding hydrogens is 338 g/mol. The molecule has 0 bridgehead atoms. The topological polar surface area (TPSA) is 62.3 Å². The summed E-state index contributed by atoms with van der Waals surface area (Å²) in [6.45, 7) is 3.62. The number of carbonyl (C=O) groups excluding carboxylic acids is 2. The molecule has 0 spiro atoms. The Hall–Kier alpha value is -2.40. The van der Waals surface area contributed by atoms with Crippen LogP contribution in [-0.4, -0.2) is 34.8 Å². The fourth-order valence-electron chi connectivity index (χ4n) is 2.98. The second kappa shape index (κ2) is 7.66. The third kappa shape index (κ3) is 4.37. The van der Waals surface area contributed by atoms with E-state index in [-0.39, 0.29) is 17.5 Å². The Kier molecular flexibility index (Phi) is 5.34. The molecule has 5 nitrogen and oxygen atoms in total. The monoisotopic (exact) mass is 357 g/mol. The number of carbonyl (C=O) groups is 2. The summed E-state index contributed by atoms with van der Waals surface area (Å²) in [4.78, 5) is 31.1. The van der Waals surface area contributed by atoms with Crippen LogP contribution >= 0.6 is 11.6 Å². The van der Waals surface area contributed by atoms with E-state index in [0.717, 1.165) is 25.9 Å². The van der Waals surface area contributed by atoms with Crippen molar-refractivity contribution in [3.63, 3.8) is 0 Å². The number of piperidine rings is 1. The van der Waals surface area contributed by atoms with E-state index in [1.54, 1.807) is 42.5 Å². The fourth-order valence-corrected chi connectivity index (χ4v) is 3.17. The summed E-state index contributed by atoms with van der Waals surface area (Å²) < 4.78 is 0. The zero-order valence-electron chi connectivity index (χ0n) is 14.0. The summed E-state index contributed by atoms with van der Waals surface area (Å²) >= 11 is 5.92. The number of hydrogen-bond donors (Lipinski definition) is 1. The zero-order valence-corrected chi connectivity index (χ0v) is 14.8. The highest BCUT2D eigenvalue weighted by Crippen LogP contribution is 2.18. The maximum absolute atomic E-state index is 12.6. The van der Waals surface area contributed by atoms with Gasteiger partial charge in [0.15, 0.2) is 0 Å². The van der Waals surface area contributed by atoms with Crippen LogP contribution in [0.5, 0.6) is 0 Å². The van der Waals surface area contributed by atoms with Crippen molar-refractivity contribution in [2.75, 3.05) is 18.4 Å². The number of nitrogens with one attached hydrogen (secondary N) is 1. The van der Waals surface area contributed by atoms with Gasteiger partial charge in [0, 0.05) is 23.8 Å². The van der Waals surface area contributed by atoms with E-state index >= 15 is 0 Å². The number of anilines is 1. The van der Waals surface area contributed by atoms with Gasteiger partial charge in [-0.15, -0.1) is 0 Å². The summed E-state index contributed by atoms with van der Waals surface area (Å²) in [5.41, 5.74) is 1.09. The summed E-state index contributed by atoms with van der Waals surface area (Å²) in [5.74, 6) is -0.0000974. The molecule has 1 atom stereocenters. The summed E-state index contributed by atoms with van der Waals surface area (Å²) in [6, 6.07) is 11.8. The maximum Gasteiger partial charge on any atom is 0.274 e. The van der Waals surface area contributed by atoms with Crippen molar-refractivity contribution in [3.05, 3.63) is 58.9 Å². The van der Waals surface area contributed by atoms with Crippen LogP contribution in [0, 0.1) is 5.92 Å². The van der Waals surface area contributed by atoms with Crippen LogP contribution in [0.15, 0.2) is 42.5 Å². The minimum atomic E-state index is -0.371. The lowest BCUT2D eigenvalue weighted by molar-refractivity contribution is 0.0677. The zero-order chi connectivity index (χ0) is 17.8. The average Bonchev–Trinajstić information content (AvgIpc) is 2.61. The molecule has 1 fully saturated rings. The Morgan fingerprint density at radius 1 is 1.20 bits per heavy atom. The van der Waals surface area contributed by atoms with Gasteiger partial charge in [0.2, 0.25) is 0 Å². The van der Waals surface area contributed by atoms with Crippen LogP contribution in [0.2, 0.25) is 5.02 Å². The number of halogens is 1. The van der Waals surface area contributed by atoms with Crippen LogP contribution in [-0.2, 0) is 0 Å². The normalized spacial score (nSPS) is 17.2. The maximum atomic E-state index is 12.6. The molecule has 1 aliphatic rings. The molecule has 2 heterocycles. The number of rotatable bonds is 3. The molecule has 1 unspecified atom stereocenters. The van der Waals surface area contributed by atoms with Gasteiger partial charge in [-0.3, -0.25) is 9.59 Å². The van der Waals surface area contributed by atoms with Crippen molar-refractivity contribution in [2.45, 2.75) is 19.8 Å². The predicted octanol–water partition coefficient (Wildman–Crippen LogP) is 3.86. The number of likely N-dealkylation sites (tertiary alicyclic amines) is 1.